The fourth-order valence-electron chi connectivity index (χ4n) is 4.17. The van der Waals surface area contributed by atoms with E-state index in [-0.39, 0.29) is 5.82 Å². The number of aryl methyl sites for hydroxylation is 1. The summed E-state index contributed by atoms with van der Waals surface area (Å²) in [5.74, 6) is 0.992. The summed E-state index contributed by atoms with van der Waals surface area (Å²) in [6.07, 6.45) is 4.53. The van der Waals surface area contributed by atoms with Crippen LogP contribution >= 0.6 is 0 Å². The molecule has 0 atom stereocenters. The van der Waals surface area contributed by atoms with Gasteiger partial charge in [-0.15, -0.1) is 0 Å². The van der Waals surface area contributed by atoms with Crippen LogP contribution in [0.4, 0.5) is 10.1 Å². The first-order valence-electron chi connectivity index (χ1n) is 11.0. The number of nitrogens with one attached hydrogen (secondary N) is 1. The third-order valence-electron chi connectivity index (χ3n) is 6.23. The zero-order chi connectivity index (χ0) is 23.1. The lowest BCUT2D eigenvalue weighted by Crippen LogP contribution is -2.10. The largest absolute Gasteiger partial charge is 0.761 e. The number of halogens is 1. The summed E-state index contributed by atoms with van der Waals surface area (Å²) in [6, 6.07) is 8.35. The number of nitrogens with zero attached hydrogens (tertiary/aromatic N) is 6. The molecule has 0 radical (unpaired) electrons. The van der Waals surface area contributed by atoms with Gasteiger partial charge in [-0.3, -0.25) is 4.68 Å². The van der Waals surface area contributed by atoms with Crippen LogP contribution in [0.5, 0.6) is 0 Å². The summed E-state index contributed by atoms with van der Waals surface area (Å²) in [5.41, 5.74) is 8.46. The number of benzene rings is 1. The molecule has 1 saturated carbocycles. The van der Waals surface area contributed by atoms with Gasteiger partial charge in [-0.05, 0) is 69.4 Å². The van der Waals surface area contributed by atoms with E-state index >= 15 is 0 Å². The van der Waals surface area contributed by atoms with Crippen LogP contribution in [-0.2, 0) is 13.0 Å². The lowest BCUT2D eigenvalue weighted by molar-refractivity contribution is 0.544. The second-order valence-electron chi connectivity index (χ2n) is 8.66. The molecule has 0 aliphatic heterocycles. The zero-order valence-corrected chi connectivity index (χ0v) is 18.8. The van der Waals surface area contributed by atoms with E-state index in [9.17, 15) is 9.60 Å². The van der Waals surface area contributed by atoms with Gasteiger partial charge in [0, 0.05) is 30.3 Å². The summed E-state index contributed by atoms with van der Waals surface area (Å²) in [4.78, 5) is 8.86. The predicted molar refractivity (Wildman–Crippen MR) is 124 cm³/mol. The number of rotatable bonds is 7. The summed E-state index contributed by atoms with van der Waals surface area (Å²) >= 11 is 0. The Kier molecular flexibility index (Phi) is 5.41. The Balaban J connectivity index is 1.51. The van der Waals surface area contributed by atoms with Crippen molar-refractivity contribution in [2.24, 2.45) is 5.92 Å². The molecule has 3 heterocycles. The van der Waals surface area contributed by atoms with Crippen molar-refractivity contribution in [3.8, 4) is 17.1 Å². The van der Waals surface area contributed by atoms with Gasteiger partial charge in [0.15, 0.2) is 5.82 Å². The molecule has 0 saturated heterocycles. The van der Waals surface area contributed by atoms with Crippen LogP contribution < -0.4 is 5.48 Å². The van der Waals surface area contributed by atoms with Gasteiger partial charge in [0.25, 0.3) is 0 Å². The van der Waals surface area contributed by atoms with Crippen LogP contribution in [0.15, 0.2) is 36.7 Å². The quantitative estimate of drug-likeness (QED) is 0.420. The number of anilines is 1. The van der Waals surface area contributed by atoms with E-state index in [1.165, 1.54) is 31.3 Å². The molecule has 1 fully saturated rings. The van der Waals surface area contributed by atoms with E-state index in [0.29, 0.717) is 35.2 Å². The molecule has 1 aromatic carbocycles. The Morgan fingerprint density at radius 2 is 1.85 bits per heavy atom. The van der Waals surface area contributed by atoms with Crippen molar-refractivity contribution in [2.45, 2.75) is 46.6 Å². The van der Waals surface area contributed by atoms with E-state index in [1.807, 2.05) is 18.5 Å². The molecule has 5 rings (SSSR count). The van der Waals surface area contributed by atoms with Crippen molar-refractivity contribution < 1.29 is 4.39 Å². The SMILES string of the molecule is Cc1nn(-c2cc(Cc3c(C)c(-c4ccc(F)cc4)nn3CC3CC3)ncn2)c(C)c1N[O-]. The average molecular weight is 447 g/mol. The van der Waals surface area contributed by atoms with Gasteiger partial charge in [-0.25, -0.2) is 19.0 Å². The van der Waals surface area contributed by atoms with Gasteiger partial charge in [0.2, 0.25) is 0 Å². The molecule has 1 aliphatic carbocycles. The number of aromatic nitrogens is 6. The van der Waals surface area contributed by atoms with E-state index < -0.39 is 0 Å². The fraction of sp³-hybridized carbons (Fsp3) is 0.333. The van der Waals surface area contributed by atoms with Gasteiger partial charge >= 0.3 is 0 Å². The third kappa shape index (κ3) is 4.11. The first-order chi connectivity index (χ1) is 15.9. The van der Waals surface area contributed by atoms with Gasteiger partial charge in [-0.2, -0.15) is 10.2 Å². The second-order valence-corrected chi connectivity index (χ2v) is 8.66. The molecule has 1 N–H and O–H groups in total. The normalized spacial score (nSPS) is 13.5. The van der Waals surface area contributed by atoms with Crippen molar-refractivity contribution >= 4 is 5.69 Å². The summed E-state index contributed by atoms with van der Waals surface area (Å²) in [6.45, 7) is 6.53. The van der Waals surface area contributed by atoms with Crippen molar-refractivity contribution in [2.75, 3.05) is 5.48 Å². The molecule has 9 heteroatoms. The van der Waals surface area contributed by atoms with Crippen LogP contribution in [-0.4, -0.2) is 29.5 Å². The maximum absolute atomic E-state index is 13.4. The van der Waals surface area contributed by atoms with Gasteiger partial charge in [0.05, 0.1) is 28.5 Å². The van der Waals surface area contributed by atoms with Crippen LogP contribution in [0.1, 0.15) is 41.2 Å². The Labute approximate surface area is 191 Å². The van der Waals surface area contributed by atoms with E-state index in [2.05, 4.69) is 26.7 Å². The average Bonchev–Trinajstić information content (AvgIpc) is 3.52. The Hall–Kier alpha value is -3.59. The third-order valence-corrected chi connectivity index (χ3v) is 6.23. The highest BCUT2D eigenvalue weighted by Crippen LogP contribution is 2.33. The van der Waals surface area contributed by atoms with Gasteiger partial charge in [0.1, 0.15) is 12.1 Å². The lowest BCUT2D eigenvalue weighted by atomic mass is 10.0. The van der Waals surface area contributed by atoms with Crippen molar-refractivity contribution in [1.29, 1.82) is 0 Å². The molecule has 33 heavy (non-hydrogen) atoms. The van der Waals surface area contributed by atoms with E-state index in [1.54, 1.807) is 23.7 Å². The van der Waals surface area contributed by atoms with Crippen LogP contribution in [0.3, 0.4) is 0 Å². The predicted octanol–water partition coefficient (Wildman–Crippen LogP) is 4.50. The van der Waals surface area contributed by atoms with Crippen LogP contribution in [0.25, 0.3) is 17.1 Å². The standard InChI is InChI=1S/C24H25FN7O/c1-14-21(31(12-17-4-5-17)29-23(14)18-6-8-19(25)9-7-18)10-20-11-22(27-13-26-20)32-16(3)24(30-33)15(2)28-32/h6-9,11,13,17,30H,4-5,10,12H2,1-3H3/q-1. The van der Waals surface area contributed by atoms with Gasteiger partial charge < -0.3 is 10.7 Å². The van der Waals surface area contributed by atoms with E-state index in [4.69, 9.17) is 5.10 Å². The van der Waals surface area contributed by atoms with Crippen LogP contribution in [0, 0.1) is 37.7 Å². The van der Waals surface area contributed by atoms with Crippen molar-refractivity contribution in [3.05, 3.63) is 76.0 Å². The summed E-state index contributed by atoms with van der Waals surface area (Å²) in [7, 11) is 0. The molecule has 0 spiro atoms. The molecule has 0 amide bonds. The number of hydrogen-bond donors (Lipinski definition) is 1. The monoisotopic (exact) mass is 446 g/mol. The highest BCUT2D eigenvalue weighted by molar-refractivity contribution is 5.64. The maximum atomic E-state index is 13.4. The van der Waals surface area contributed by atoms with Crippen LogP contribution in [0.2, 0.25) is 0 Å². The molecule has 0 unspecified atom stereocenters. The second kappa shape index (κ2) is 8.40. The Bertz CT molecular complexity index is 1310. The maximum Gasteiger partial charge on any atom is 0.157 e. The van der Waals surface area contributed by atoms with Crippen molar-refractivity contribution in [1.82, 2.24) is 29.5 Å². The first kappa shape index (κ1) is 21.3. The minimum absolute atomic E-state index is 0.262. The lowest BCUT2D eigenvalue weighted by Gasteiger charge is -2.10. The highest BCUT2D eigenvalue weighted by Gasteiger charge is 2.25. The molecule has 0 bridgehead atoms. The highest BCUT2D eigenvalue weighted by atomic mass is 19.1. The molecule has 170 valence electrons. The molecule has 1 aliphatic rings. The number of hydrogen-bond acceptors (Lipinski definition) is 6. The first-order valence-corrected chi connectivity index (χ1v) is 11.0. The van der Waals surface area contributed by atoms with E-state index in [0.717, 1.165) is 34.8 Å². The minimum atomic E-state index is -0.262. The molecule has 8 nitrogen and oxygen atoms in total. The van der Waals surface area contributed by atoms with Gasteiger partial charge in [-0.1, -0.05) is 0 Å². The Morgan fingerprint density at radius 3 is 2.52 bits per heavy atom. The zero-order valence-electron chi connectivity index (χ0n) is 18.8. The minimum Gasteiger partial charge on any atom is -0.761 e. The van der Waals surface area contributed by atoms with Crippen molar-refractivity contribution in [3.63, 3.8) is 0 Å². The Morgan fingerprint density at radius 1 is 1.09 bits per heavy atom. The summed E-state index contributed by atoms with van der Waals surface area (Å²) < 4.78 is 17.2. The topological polar surface area (TPSA) is 96.5 Å². The fourth-order valence-corrected chi connectivity index (χ4v) is 4.17. The molecular weight excluding hydrogens is 421 g/mol. The molecule has 3 aromatic heterocycles. The smallest absolute Gasteiger partial charge is 0.157 e. The molecule has 4 aromatic rings. The molecular formula is C24H25FN7O-. The summed E-state index contributed by atoms with van der Waals surface area (Å²) in [5, 5.41) is 20.6.